The lowest BCUT2D eigenvalue weighted by molar-refractivity contribution is 1.05. The van der Waals surface area contributed by atoms with Gasteiger partial charge < -0.3 is 0 Å². The average Bonchev–Trinajstić information content (AvgIpc) is 2.50. The van der Waals surface area contributed by atoms with E-state index in [1.807, 2.05) is 6.92 Å². The number of thioether (sulfide) groups is 1. The van der Waals surface area contributed by atoms with Crippen molar-refractivity contribution in [2.45, 2.75) is 18.9 Å². The van der Waals surface area contributed by atoms with Gasteiger partial charge in [0, 0.05) is 5.69 Å². The van der Waals surface area contributed by atoms with Crippen molar-refractivity contribution in [2.24, 2.45) is 0 Å². The first-order chi connectivity index (χ1) is 6.33. The third-order valence-electron chi connectivity index (χ3n) is 1.78. The molecule has 1 N–H and O–H groups in total. The van der Waals surface area contributed by atoms with Crippen LogP contribution >= 0.6 is 11.8 Å². The van der Waals surface area contributed by atoms with E-state index in [1.165, 1.54) is 0 Å². The largest absolute Gasteiger partial charge is 0.280 e. The Kier molecular flexibility index (Phi) is 2.18. The lowest BCUT2D eigenvalue weighted by atomic mass is 10.3. The van der Waals surface area contributed by atoms with Gasteiger partial charge in [-0.1, -0.05) is 6.92 Å². The fraction of sp³-hybridized carbons (Fsp3) is 0.375. The fourth-order valence-corrected chi connectivity index (χ4v) is 2.00. The number of nitrogens with zero attached hydrogens (tertiary/aromatic N) is 3. The van der Waals surface area contributed by atoms with Crippen LogP contribution in [-0.4, -0.2) is 25.9 Å². The molecule has 0 saturated carbocycles. The normalized spacial score (nSPS) is 10.9. The van der Waals surface area contributed by atoms with Crippen molar-refractivity contribution in [3.63, 3.8) is 0 Å². The van der Waals surface area contributed by atoms with E-state index >= 15 is 0 Å². The minimum absolute atomic E-state index is 0.753. The predicted octanol–water partition coefficient (Wildman–Crippen LogP) is 1.77. The van der Waals surface area contributed by atoms with Gasteiger partial charge in [0.15, 0.2) is 5.65 Å². The number of aryl methyl sites for hydroxylation is 1. The monoisotopic (exact) mass is 194 g/mol. The first-order valence-electron chi connectivity index (χ1n) is 4.11. The van der Waals surface area contributed by atoms with Crippen LogP contribution in [0, 0.1) is 6.92 Å². The first kappa shape index (κ1) is 8.50. The Morgan fingerprint density at radius 3 is 3.08 bits per heavy atom. The van der Waals surface area contributed by atoms with Crippen molar-refractivity contribution in [3.05, 3.63) is 12.0 Å². The topological polar surface area (TPSA) is 54.5 Å². The summed E-state index contributed by atoms with van der Waals surface area (Å²) in [6, 6.07) is 0. The van der Waals surface area contributed by atoms with Crippen LogP contribution in [0.4, 0.5) is 0 Å². The number of rotatable bonds is 2. The summed E-state index contributed by atoms with van der Waals surface area (Å²) >= 11 is 1.71. The zero-order chi connectivity index (χ0) is 9.26. The fourth-order valence-electron chi connectivity index (χ4n) is 1.21. The van der Waals surface area contributed by atoms with Gasteiger partial charge in [0.2, 0.25) is 0 Å². The molecule has 0 saturated heterocycles. The molecule has 2 aromatic rings. The maximum atomic E-state index is 4.22. The van der Waals surface area contributed by atoms with E-state index in [1.54, 1.807) is 18.1 Å². The summed E-state index contributed by atoms with van der Waals surface area (Å²) < 4.78 is 0. The molecule has 0 aliphatic carbocycles. The molecule has 2 heterocycles. The second-order valence-electron chi connectivity index (χ2n) is 2.66. The van der Waals surface area contributed by atoms with E-state index in [2.05, 4.69) is 27.1 Å². The summed E-state index contributed by atoms with van der Waals surface area (Å²) in [5.74, 6) is 1.01. The van der Waals surface area contributed by atoms with Crippen molar-refractivity contribution < 1.29 is 0 Å². The van der Waals surface area contributed by atoms with Crippen LogP contribution in [0.5, 0.6) is 0 Å². The highest BCUT2D eigenvalue weighted by atomic mass is 32.2. The summed E-state index contributed by atoms with van der Waals surface area (Å²) in [6.45, 7) is 4.09. The van der Waals surface area contributed by atoms with Gasteiger partial charge in [-0.2, -0.15) is 5.10 Å². The summed E-state index contributed by atoms with van der Waals surface area (Å²) in [7, 11) is 0. The molecule has 0 aliphatic rings. The van der Waals surface area contributed by atoms with Crippen molar-refractivity contribution >= 4 is 22.8 Å². The van der Waals surface area contributed by atoms with Crippen LogP contribution in [0.2, 0.25) is 0 Å². The standard InChI is InChI=1S/C8H10N4S/c1-3-13-8-6-5(2)11-12-7(6)9-4-10-8/h4H,3H2,1-2H3,(H,9,10,11,12). The van der Waals surface area contributed by atoms with Crippen LogP contribution < -0.4 is 0 Å². The van der Waals surface area contributed by atoms with Gasteiger partial charge in [-0.25, -0.2) is 9.97 Å². The van der Waals surface area contributed by atoms with Crippen LogP contribution in [0.25, 0.3) is 11.0 Å². The van der Waals surface area contributed by atoms with Gasteiger partial charge in [-0.15, -0.1) is 11.8 Å². The highest BCUT2D eigenvalue weighted by molar-refractivity contribution is 7.99. The van der Waals surface area contributed by atoms with E-state index in [-0.39, 0.29) is 0 Å². The maximum absolute atomic E-state index is 4.22. The molecule has 0 unspecified atom stereocenters. The third kappa shape index (κ3) is 1.39. The quantitative estimate of drug-likeness (QED) is 0.584. The first-order valence-corrected chi connectivity index (χ1v) is 5.10. The summed E-state index contributed by atoms with van der Waals surface area (Å²) in [4.78, 5) is 8.30. The molecular weight excluding hydrogens is 184 g/mol. The van der Waals surface area contributed by atoms with Gasteiger partial charge >= 0.3 is 0 Å². The SMILES string of the molecule is CCSc1ncnc2n[nH]c(C)c12. The van der Waals surface area contributed by atoms with Gasteiger partial charge in [0.25, 0.3) is 0 Å². The van der Waals surface area contributed by atoms with Crippen molar-refractivity contribution in [3.8, 4) is 0 Å². The molecular formula is C8H10N4S. The molecule has 0 radical (unpaired) electrons. The Morgan fingerprint density at radius 2 is 2.31 bits per heavy atom. The minimum atomic E-state index is 0.753. The minimum Gasteiger partial charge on any atom is -0.280 e. The van der Waals surface area contributed by atoms with Crippen LogP contribution in [0.1, 0.15) is 12.6 Å². The number of hydrogen-bond acceptors (Lipinski definition) is 4. The smallest absolute Gasteiger partial charge is 0.185 e. The molecule has 13 heavy (non-hydrogen) atoms. The maximum Gasteiger partial charge on any atom is 0.185 e. The number of aromatic amines is 1. The Hall–Kier alpha value is -1.10. The number of hydrogen-bond donors (Lipinski definition) is 1. The molecule has 0 fully saturated rings. The van der Waals surface area contributed by atoms with Crippen LogP contribution in [0.15, 0.2) is 11.4 Å². The van der Waals surface area contributed by atoms with E-state index in [4.69, 9.17) is 0 Å². The molecule has 0 bridgehead atoms. The number of nitrogens with one attached hydrogen (secondary N) is 1. The molecule has 68 valence electrons. The van der Waals surface area contributed by atoms with Crippen LogP contribution in [-0.2, 0) is 0 Å². The molecule has 0 spiro atoms. The van der Waals surface area contributed by atoms with Crippen molar-refractivity contribution in [1.29, 1.82) is 0 Å². The molecule has 2 rings (SSSR count). The highest BCUT2D eigenvalue weighted by Crippen LogP contribution is 2.24. The van der Waals surface area contributed by atoms with E-state index in [0.29, 0.717) is 0 Å². The molecule has 2 aromatic heterocycles. The molecule has 4 nitrogen and oxygen atoms in total. The molecule has 5 heteroatoms. The average molecular weight is 194 g/mol. The zero-order valence-electron chi connectivity index (χ0n) is 7.53. The molecule has 0 amide bonds. The van der Waals surface area contributed by atoms with E-state index in [9.17, 15) is 0 Å². The highest BCUT2D eigenvalue weighted by Gasteiger charge is 2.08. The Labute approximate surface area is 80.2 Å². The zero-order valence-corrected chi connectivity index (χ0v) is 8.35. The number of H-pyrrole nitrogens is 1. The van der Waals surface area contributed by atoms with Crippen molar-refractivity contribution in [1.82, 2.24) is 20.2 Å². The number of fused-ring (bicyclic) bond motifs is 1. The van der Waals surface area contributed by atoms with Gasteiger partial charge in [-0.05, 0) is 12.7 Å². The van der Waals surface area contributed by atoms with Crippen molar-refractivity contribution in [2.75, 3.05) is 5.75 Å². The third-order valence-corrected chi connectivity index (χ3v) is 2.65. The number of aromatic nitrogens is 4. The second kappa shape index (κ2) is 3.33. The lowest BCUT2D eigenvalue weighted by Crippen LogP contribution is -1.85. The molecule has 0 aliphatic heterocycles. The Bertz CT molecular complexity index is 423. The van der Waals surface area contributed by atoms with Gasteiger partial charge in [0.1, 0.15) is 11.4 Å². The summed E-state index contributed by atoms with van der Waals surface area (Å²) in [5.41, 5.74) is 1.79. The molecule has 0 atom stereocenters. The Morgan fingerprint density at radius 1 is 1.46 bits per heavy atom. The van der Waals surface area contributed by atoms with Crippen LogP contribution in [0.3, 0.4) is 0 Å². The van der Waals surface area contributed by atoms with Gasteiger partial charge in [0.05, 0.1) is 5.39 Å². The second-order valence-corrected chi connectivity index (χ2v) is 3.91. The summed E-state index contributed by atoms with van der Waals surface area (Å²) in [6.07, 6.45) is 1.56. The van der Waals surface area contributed by atoms with Gasteiger partial charge in [-0.3, -0.25) is 5.10 Å². The lowest BCUT2D eigenvalue weighted by Gasteiger charge is -1.97. The van der Waals surface area contributed by atoms with E-state index in [0.717, 1.165) is 27.5 Å². The predicted molar refractivity (Wildman–Crippen MR) is 52.8 cm³/mol. The molecule has 0 aromatic carbocycles. The van der Waals surface area contributed by atoms with E-state index < -0.39 is 0 Å². The Balaban J connectivity index is 2.65. The summed E-state index contributed by atoms with van der Waals surface area (Å²) in [5, 5.41) is 9.04.